The lowest BCUT2D eigenvalue weighted by Crippen LogP contribution is -2.26. The van der Waals surface area contributed by atoms with Crippen molar-refractivity contribution in [3.8, 4) is 6.07 Å². The highest BCUT2D eigenvalue weighted by Gasteiger charge is 2.01. The first-order valence-corrected chi connectivity index (χ1v) is 5.52. The first kappa shape index (κ1) is 11.7. The summed E-state index contributed by atoms with van der Waals surface area (Å²) >= 11 is 0. The van der Waals surface area contributed by atoms with Gasteiger partial charge in [-0.15, -0.1) is 0 Å². The Morgan fingerprint density at radius 1 is 1.20 bits per heavy atom. The number of nitrogens with zero attached hydrogens (tertiary/aromatic N) is 1. The molecule has 0 bridgehead atoms. The lowest BCUT2D eigenvalue weighted by molar-refractivity contribution is 0.484. The van der Waals surface area contributed by atoms with Crippen molar-refractivity contribution in [2.24, 2.45) is 0 Å². The zero-order chi connectivity index (χ0) is 11.1. The smallest absolute Gasteiger partial charge is 0.0991 e. The van der Waals surface area contributed by atoms with Gasteiger partial charge in [0.1, 0.15) is 0 Å². The third kappa shape index (κ3) is 3.73. The number of rotatable bonds is 5. The first-order valence-electron chi connectivity index (χ1n) is 5.52. The number of hydrogen-bond donors (Lipinski definition) is 1. The second kappa shape index (κ2) is 6.21. The van der Waals surface area contributed by atoms with Crippen LogP contribution in [0.25, 0.3) is 0 Å². The molecule has 0 saturated carbocycles. The summed E-state index contributed by atoms with van der Waals surface area (Å²) in [6, 6.07) is 10.5. The van der Waals surface area contributed by atoms with Crippen LogP contribution >= 0.6 is 0 Å². The molecule has 0 saturated heterocycles. The third-order valence-electron chi connectivity index (χ3n) is 2.66. The maximum Gasteiger partial charge on any atom is 0.0991 e. The quantitative estimate of drug-likeness (QED) is 0.797. The second-order valence-electron chi connectivity index (χ2n) is 3.70. The van der Waals surface area contributed by atoms with E-state index >= 15 is 0 Å². The predicted molar refractivity (Wildman–Crippen MR) is 62.4 cm³/mol. The molecule has 15 heavy (non-hydrogen) atoms. The van der Waals surface area contributed by atoms with Crippen molar-refractivity contribution in [3.05, 3.63) is 35.4 Å². The van der Waals surface area contributed by atoms with Crippen LogP contribution in [0.3, 0.4) is 0 Å². The molecule has 80 valence electrons. The molecule has 1 aromatic rings. The average Bonchev–Trinajstić information content (AvgIpc) is 2.31. The minimum absolute atomic E-state index is 0.598. The van der Waals surface area contributed by atoms with E-state index in [0.29, 0.717) is 6.04 Å². The fraction of sp³-hybridized carbons (Fsp3) is 0.462. The maximum absolute atomic E-state index is 8.66. The normalized spacial score (nSPS) is 10.3. The Morgan fingerprint density at radius 2 is 1.80 bits per heavy atom. The molecule has 0 heterocycles. The zero-order valence-corrected chi connectivity index (χ0v) is 9.46. The van der Waals surface area contributed by atoms with E-state index in [4.69, 9.17) is 5.26 Å². The second-order valence-corrected chi connectivity index (χ2v) is 3.70. The van der Waals surface area contributed by atoms with E-state index in [9.17, 15) is 0 Å². The van der Waals surface area contributed by atoms with Gasteiger partial charge in [0.15, 0.2) is 0 Å². The molecule has 0 unspecified atom stereocenters. The summed E-state index contributed by atoms with van der Waals surface area (Å²) in [7, 11) is 0. The third-order valence-corrected chi connectivity index (χ3v) is 2.66. The van der Waals surface area contributed by atoms with Crippen LogP contribution < -0.4 is 5.32 Å². The Morgan fingerprint density at radius 3 is 2.27 bits per heavy atom. The monoisotopic (exact) mass is 202 g/mol. The Balaban J connectivity index is 2.48. The highest BCUT2D eigenvalue weighted by Crippen LogP contribution is 2.04. The molecule has 0 aliphatic carbocycles. The molecule has 1 aromatic carbocycles. The molecular formula is C13H18N2. The number of hydrogen-bond acceptors (Lipinski definition) is 2. The number of nitrogens with one attached hydrogen (secondary N) is 1. The SMILES string of the molecule is CCC(CC)NCc1ccc(C#N)cc1. The summed E-state index contributed by atoms with van der Waals surface area (Å²) in [5.41, 5.74) is 1.96. The summed E-state index contributed by atoms with van der Waals surface area (Å²) in [4.78, 5) is 0. The summed E-state index contributed by atoms with van der Waals surface area (Å²) in [5, 5.41) is 12.1. The van der Waals surface area contributed by atoms with Gasteiger partial charge < -0.3 is 5.32 Å². The van der Waals surface area contributed by atoms with Crippen molar-refractivity contribution < 1.29 is 0 Å². The molecule has 0 aliphatic rings. The fourth-order valence-electron chi connectivity index (χ4n) is 1.54. The number of nitriles is 1. The fourth-order valence-corrected chi connectivity index (χ4v) is 1.54. The Hall–Kier alpha value is -1.33. The zero-order valence-electron chi connectivity index (χ0n) is 9.46. The molecule has 0 atom stereocenters. The molecule has 2 nitrogen and oxygen atoms in total. The minimum Gasteiger partial charge on any atom is -0.310 e. The lowest BCUT2D eigenvalue weighted by atomic mass is 10.1. The van der Waals surface area contributed by atoms with Gasteiger partial charge in [-0.05, 0) is 30.5 Å². The highest BCUT2D eigenvalue weighted by molar-refractivity contribution is 5.31. The van der Waals surface area contributed by atoms with Crippen LogP contribution in [0.15, 0.2) is 24.3 Å². The van der Waals surface area contributed by atoms with Gasteiger partial charge >= 0.3 is 0 Å². The van der Waals surface area contributed by atoms with Gasteiger partial charge in [-0.25, -0.2) is 0 Å². The molecule has 0 amide bonds. The van der Waals surface area contributed by atoms with E-state index in [1.165, 1.54) is 5.56 Å². The topological polar surface area (TPSA) is 35.8 Å². The largest absolute Gasteiger partial charge is 0.310 e. The van der Waals surface area contributed by atoms with E-state index < -0.39 is 0 Å². The van der Waals surface area contributed by atoms with Crippen LogP contribution in [0.5, 0.6) is 0 Å². The van der Waals surface area contributed by atoms with Crippen LogP contribution in [0, 0.1) is 11.3 Å². The van der Waals surface area contributed by atoms with E-state index in [2.05, 4.69) is 25.2 Å². The predicted octanol–water partition coefficient (Wildman–Crippen LogP) is 2.84. The average molecular weight is 202 g/mol. The van der Waals surface area contributed by atoms with Crippen molar-refractivity contribution in [2.75, 3.05) is 0 Å². The van der Waals surface area contributed by atoms with E-state index in [-0.39, 0.29) is 0 Å². The molecule has 0 spiro atoms. The Kier molecular flexibility index (Phi) is 4.86. The van der Waals surface area contributed by atoms with Gasteiger partial charge in [-0.2, -0.15) is 5.26 Å². The number of benzene rings is 1. The molecule has 2 heteroatoms. The Bertz CT molecular complexity index is 317. The van der Waals surface area contributed by atoms with Crippen LogP contribution in [0.1, 0.15) is 37.8 Å². The van der Waals surface area contributed by atoms with E-state index in [0.717, 1.165) is 24.9 Å². The van der Waals surface area contributed by atoms with Crippen molar-refractivity contribution >= 4 is 0 Å². The minimum atomic E-state index is 0.598. The lowest BCUT2D eigenvalue weighted by Gasteiger charge is -2.14. The van der Waals surface area contributed by atoms with Crippen LogP contribution in [0.2, 0.25) is 0 Å². The van der Waals surface area contributed by atoms with E-state index in [1.54, 1.807) is 0 Å². The summed E-state index contributed by atoms with van der Waals surface area (Å²) in [5.74, 6) is 0. The molecular weight excluding hydrogens is 184 g/mol. The summed E-state index contributed by atoms with van der Waals surface area (Å²) in [6.07, 6.45) is 2.32. The van der Waals surface area contributed by atoms with Crippen LogP contribution in [0.4, 0.5) is 0 Å². The van der Waals surface area contributed by atoms with Gasteiger partial charge in [0.05, 0.1) is 11.6 Å². The van der Waals surface area contributed by atoms with Gasteiger partial charge in [0.2, 0.25) is 0 Å². The van der Waals surface area contributed by atoms with Gasteiger partial charge in [-0.3, -0.25) is 0 Å². The van der Waals surface area contributed by atoms with Crippen molar-refractivity contribution in [1.82, 2.24) is 5.32 Å². The summed E-state index contributed by atoms with van der Waals surface area (Å²) < 4.78 is 0. The van der Waals surface area contributed by atoms with Crippen LogP contribution in [-0.4, -0.2) is 6.04 Å². The van der Waals surface area contributed by atoms with Gasteiger partial charge in [0.25, 0.3) is 0 Å². The van der Waals surface area contributed by atoms with Crippen LogP contribution in [-0.2, 0) is 6.54 Å². The molecule has 0 aliphatic heterocycles. The summed E-state index contributed by atoms with van der Waals surface area (Å²) in [6.45, 7) is 5.28. The first-order chi connectivity index (χ1) is 7.30. The molecule has 0 fully saturated rings. The highest BCUT2D eigenvalue weighted by atomic mass is 14.9. The van der Waals surface area contributed by atoms with Crippen molar-refractivity contribution in [1.29, 1.82) is 5.26 Å². The maximum atomic E-state index is 8.66. The standard InChI is InChI=1S/C13H18N2/c1-3-13(4-2)15-10-12-7-5-11(9-14)6-8-12/h5-8,13,15H,3-4,10H2,1-2H3. The molecule has 0 aromatic heterocycles. The Labute approximate surface area is 91.9 Å². The van der Waals surface area contributed by atoms with Gasteiger partial charge in [0, 0.05) is 12.6 Å². The van der Waals surface area contributed by atoms with Crippen molar-refractivity contribution in [3.63, 3.8) is 0 Å². The van der Waals surface area contributed by atoms with E-state index in [1.807, 2.05) is 24.3 Å². The molecule has 1 rings (SSSR count). The van der Waals surface area contributed by atoms with Crippen molar-refractivity contribution in [2.45, 2.75) is 39.3 Å². The molecule has 1 N–H and O–H groups in total. The van der Waals surface area contributed by atoms with Gasteiger partial charge in [-0.1, -0.05) is 26.0 Å². The molecule has 0 radical (unpaired) electrons.